The van der Waals surface area contributed by atoms with Crippen molar-refractivity contribution < 1.29 is 9.50 Å². The van der Waals surface area contributed by atoms with Crippen molar-refractivity contribution in [3.63, 3.8) is 0 Å². The fourth-order valence-electron chi connectivity index (χ4n) is 0.880. The van der Waals surface area contributed by atoms with Gasteiger partial charge >= 0.3 is 0 Å². The Balaban J connectivity index is 3.28. The van der Waals surface area contributed by atoms with Crippen LogP contribution in [0.5, 0.6) is 0 Å². The molecule has 0 aromatic heterocycles. The lowest BCUT2D eigenvalue weighted by atomic mass is 10.1. The van der Waals surface area contributed by atoms with Gasteiger partial charge in [0.1, 0.15) is 5.82 Å². The van der Waals surface area contributed by atoms with Gasteiger partial charge in [0.15, 0.2) is 0 Å². The normalized spacial score (nSPS) is 13.1. The monoisotopic (exact) mass is 252 g/mol. The summed E-state index contributed by atoms with van der Waals surface area (Å²) in [5.74, 6) is -0.560. The standard InChI is InChI=1S/C8H7BrClFO/c1-4(12)6-2-5(9)3-7(10)8(6)11/h2-4,12H,1H3. The van der Waals surface area contributed by atoms with Crippen LogP contribution in [0.2, 0.25) is 5.02 Å². The van der Waals surface area contributed by atoms with Crippen molar-refractivity contribution in [2.45, 2.75) is 13.0 Å². The van der Waals surface area contributed by atoms with E-state index in [-0.39, 0.29) is 10.6 Å². The molecule has 0 saturated carbocycles. The van der Waals surface area contributed by atoms with Crippen molar-refractivity contribution >= 4 is 27.5 Å². The molecule has 1 unspecified atom stereocenters. The van der Waals surface area contributed by atoms with Gasteiger partial charge in [-0.05, 0) is 19.1 Å². The zero-order valence-corrected chi connectivity index (χ0v) is 8.66. The van der Waals surface area contributed by atoms with Crippen LogP contribution in [0.3, 0.4) is 0 Å². The molecule has 0 bridgehead atoms. The molecule has 4 heteroatoms. The molecule has 0 heterocycles. The topological polar surface area (TPSA) is 20.2 Å². The van der Waals surface area contributed by atoms with E-state index in [0.717, 1.165) is 0 Å². The maximum absolute atomic E-state index is 13.1. The molecule has 1 N–H and O–H groups in total. The first-order chi connectivity index (χ1) is 5.52. The Hall–Kier alpha value is -0.120. The number of halogens is 3. The first-order valence-corrected chi connectivity index (χ1v) is 4.52. The van der Waals surface area contributed by atoms with E-state index in [1.165, 1.54) is 19.1 Å². The third-order valence-corrected chi connectivity index (χ3v) is 2.20. The molecule has 1 rings (SSSR count). The Kier molecular flexibility index (Phi) is 3.09. The fourth-order valence-corrected chi connectivity index (χ4v) is 1.71. The first kappa shape index (κ1) is 9.96. The van der Waals surface area contributed by atoms with E-state index in [4.69, 9.17) is 16.7 Å². The lowest BCUT2D eigenvalue weighted by molar-refractivity contribution is 0.194. The summed E-state index contributed by atoms with van der Waals surface area (Å²) >= 11 is 8.70. The van der Waals surface area contributed by atoms with Gasteiger partial charge in [-0.15, -0.1) is 0 Å². The summed E-state index contributed by atoms with van der Waals surface area (Å²) in [6, 6.07) is 2.95. The summed E-state index contributed by atoms with van der Waals surface area (Å²) in [6.07, 6.45) is -0.847. The Morgan fingerprint density at radius 3 is 2.67 bits per heavy atom. The summed E-state index contributed by atoms with van der Waals surface area (Å²) in [5, 5.41) is 9.15. The third kappa shape index (κ3) is 1.97. The molecule has 12 heavy (non-hydrogen) atoms. The van der Waals surface area contributed by atoms with Crippen molar-refractivity contribution in [3.05, 3.63) is 33.0 Å². The molecule has 1 aromatic carbocycles. The molecule has 1 atom stereocenters. The number of hydrogen-bond acceptors (Lipinski definition) is 1. The second kappa shape index (κ2) is 3.73. The van der Waals surface area contributed by atoms with E-state index in [1.54, 1.807) is 0 Å². The lowest BCUT2D eigenvalue weighted by Crippen LogP contribution is -1.96. The van der Waals surface area contributed by atoms with Crippen LogP contribution >= 0.6 is 27.5 Å². The average molecular weight is 253 g/mol. The highest BCUT2D eigenvalue weighted by molar-refractivity contribution is 9.10. The minimum absolute atomic E-state index is 0.0141. The van der Waals surface area contributed by atoms with Gasteiger partial charge in [0.2, 0.25) is 0 Å². The largest absolute Gasteiger partial charge is 0.389 e. The zero-order valence-electron chi connectivity index (χ0n) is 6.31. The van der Waals surface area contributed by atoms with Gasteiger partial charge in [0.25, 0.3) is 0 Å². The molecular formula is C8H7BrClFO. The van der Waals surface area contributed by atoms with Gasteiger partial charge in [-0.2, -0.15) is 0 Å². The maximum Gasteiger partial charge on any atom is 0.147 e. The van der Waals surface area contributed by atoms with Crippen molar-refractivity contribution in [1.82, 2.24) is 0 Å². The molecule has 0 fully saturated rings. The van der Waals surface area contributed by atoms with Crippen LogP contribution in [0.15, 0.2) is 16.6 Å². The molecule has 0 amide bonds. The molecular weight excluding hydrogens is 246 g/mol. The Morgan fingerprint density at radius 1 is 1.58 bits per heavy atom. The zero-order chi connectivity index (χ0) is 9.30. The van der Waals surface area contributed by atoms with Crippen LogP contribution in [0.4, 0.5) is 4.39 Å². The van der Waals surface area contributed by atoms with Crippen LogP contribution in [0, 0.1) is 5.82 Å². The third-order valence-electron chi connectivity index (χ3n) is 1.47. The molecule has 0 aliphatic heterocycles. The Bertz CT molecular complexity index is 301. The molecule has 66 valence electrons. The van der Waals surface area contributed by atoms with Crippen molar-refractivity contribution in [3.8, 4) is 0 Å². The second-order valence-corrected chi connectivity index (χ2v) is 3.79. The van der Waals surface area contributed by atoms with Crippen LogP contribution < -0.4 is 0 Å². The molecule has 0 aliphatic rings. The van der Waals surface area contributed by atoms with Gasteiger partial charge in [-0.1, -0.05) is 27.5 Å². The van der Waals surface area contributed by atoms with E-state index in [2.05, 4.69) is 15.9 Å². The van der Waals surface area contributed by atoms with E-state index in [0.29, 0.717) is 4.47 Å². The molecule has 0 radical (unpaired) electrons. The van der Waals surface area contributed by atoms with E-state index >= 15 is 0 Å². The molecule has 1 aromatic rings. The summed E-state index contributed by atoms with van der Waals surface area (Å²) < 4.78 is 13.8. The molecule has 0 saturated heterocycles. The Morgan fingerprint density at radius 2 is 2.17 bits per heavy atom. The van der Waals surface area contributed by atoms with Gasteiger partial charge in [-0.25, -0.2) is 4.39 Å². The number of rotatable bonds is 1. The minimum atomic E-state index is -0.847. The summed E-state index contributed by atoms with van der Waals surface area (Å²) in [4.78, 5) is 0. The lowest BCUT2D eigenvalue weighted by Gasteiger charge is -2.07. The number of aliphatic hydroxyl groups excluding tert-OH is 1. The SMILES string of the molecule is CC(O)c1cc(Br)cc(Cl)c1F. The molecule has 0 spiro atoms. The second-order valence-electron chi connectivity index (χ2n) is 2.47. The average Bonchev–Trinajstić information content (AvgIpc) is 1.96. The van der Waals surface area contributed by atoms with E-state index in [9.17, 15) is 4.39 Å². The molecule has 1 nitrogen and oxygen atoms in total. The molecule has 0 aliphatic carbocycles. The van der Waals surface area contributed by atoms with Crippen LogP contribution in [-0.4, -0.2) is 5.11 Å². The fraction of sp³-hybridized carbons (Fsp3) is 0.250. The van der Waals surface area contributed by atoms with Crippen LogP contribution in [0.1, 0.15) is 18.6 Å². The van der Waals surface area contributed by atoms with Crippen LogP contribution in [0.25, 0.3) is 0 Å². The summed E-state index contributed by atoms with van der Waals surface area (Å²) in [5.41, 5.74) is 0.203. The van der Waals surface area contributed by atoms with Crippen LogP contribution in [-0.2, 0) is 0 Å². The highest BCUT2D eigenvalue weighted by atomic mass is 79.9. The number of benzene rings is 1. The predicted octanol–water partition coefficient (Wildman–Crippen LogP) is 3.29. The smallest absolute Gasteiger partial charge is 0.147 e. The van der Waals surface area contributed by atoms with E-state index in [1.807, 2.05) is 0 Å². The quantitative estimate of drug-likeness (QED) is 0.762. The van der Waals surface area contributed by atoms with Gasteiger partial charge in [0.05, 0.1) is 11.1 Å². The minimum Gasteiger partial charge on any atom is -0.389 e. The highest BCUT2D eigenvalue weighted by Gasteiger charge is 2.12. The predicted molar refractivity (Wildman–Crippen MR) is 49.7 cm³/mol. The maximum atomic E-state index is 13.1. The van der Waals surface area contributed by atoms with Crippen molar-refractivity contribution in [1.29, 1.82) is 0 Å². The van der Waals surface area contributed by atoms with Gasteiger partial charge in [-0.3, -0.25) is 0 Å². The number of hydrogen-bond donors (Lipinski definition) is 1. The van der Waals surface area contributed by atoms with E-state index < -0.39 is 11.9 Å². The summed E-state index contributed by atoms with van der Waals surface area (Å²) in [7, 11) is 0. The van der Waals surface area contributed by atoms with Crippen molar-refractivity contribution in [2.75, 3.05) is 0 Å². The summed E-state index contributed by atoms with van der Waals surface area (Å²) in [6.45, 7) is 1.49. The number of aliphatic hydroxyl groups is 1. The first-order valence-electron chi connectivity index (χ1n) is 3.35. The van der Waals surface area contributed by atoms with Crippen molar-refractivity contribution in [2.24, 2.45) is 0 Å². The van der Waals surface area contributed by atoms with Gasteiger partial charge in [0, 0.05) is 10.0 Å². The van der Waals surface area contributed by atoms with Gasteiger partial charge < -0.3 is 5.11 Å². The highest BCUT2D eigenvalue weighted by Crippen LogP contribution is 2.27. The Labute approximate surface area is 83.3 Å².